The van der Waals surface area contributed by atoms with Gasteiger partial charge in [0.25, 0.3) is 5.44 Å². The third kappa shape index (κ3) is 6.20. The van der Waals surface area contributed by atoms with E-state index in [1.807, 2.05) is 36.4 Å². The first-order chi connectivity index (χ1) is 15.5. The van der Waals surface area contributed by atoms with E-state index < -0.39 is 22.8 Å². The molecular formula is C25H25ClN2O3S. The Morgan fingerprint density at radius 1 is 1.34 bits per heavy atom. The number of alkyl halides is 1. The molecule has 2 heterocycles. The molecule has 3 unspecified atom stereocenters. The maximum absolute atomic E-state index is 13.1. The van der Waals surface area contributed by atoms with Gasteiger partial charge in [0.2, 0.25) is 0 Å². The minimum absolute atomic E-state index is 0.101. The highest BCUT2D eigenvalue weighted by Gasteiger charge is 2.31. The molecule has 0 bridgehead atoms. The van der Waals surface area contributed by atoms with Crippen LogP contribution in [0.15, 0.2) is 96.2 Å². The van der Waals surface area contributed by atoms with Gasteiger partial charge in [-0.05, 0) is 29.7 Å². The number of carbonyl (C=O) groups is 1. The lowest BCUT2D eigenvalue weighted by Gasteiger charge is -2.26. The Kier molecular flexibility index (Phi) is 8.88. The number of carbonyl (C=O) groups excluding carboxylic acids is 1. The van der Waals surface area contributed by atoms with Crippen molar-refractivity contribution in [2.24, 2.45) is 4.99 Å². The number of rotatable bonds is 9. The molecule has 1 aromatic carbocycles. The Bertz CT molecular complexity index is 1030. The van der Waals surface area contributed by atoms with Crippen LogP contribution in [0.1, 0.15) is 18.4 Å². The summed E-state index contributed by atoms with van der Waals surface area (Å²) in [6.07, 6.45) is 14.6. The highest BCUT2D eigenvalue weighted by molar-refractivity contribution is 7.90. The summed E-state index contributed by atoms with van der Waals surface area (Å²) in [5.41, 5.74) is 2.07. The second-order valence-electron chi connectivity index (χ2n) is 7.13. The predicted octanol–water partition coefficient (Wildman–Crippen LogP) is 4.82. The third-order valence-corrected chi connectivity index (χ3v) is 6.36. The Balaban J connectivity index is 1.82. The lowest BCUT2D eigenvalue weighted by molar-refractivity contribution is -0.112. The van der Waals surface area contributed by atoms with E-state index in [2.05, 4.69) is 22.9 Å². The molecule has 3 rings (SSSR count). The van der Waals surface area contributed by atoms with Gasteiger partial charge in [-0.1, -0.05) is 61.7 Å². The van der Waals surface area contributed by atoms with Gasteiger partial charge in [0.15, 0.2) is 5.78 Å². The number of halogens is 1. The summed E-state index contributed by atoms with van der Waals surface area (Å²) >= 11 is 4.34. The quantitative estimate of drug-likeness (QED) is 0.244. The number of benzene rings is 1. The summed E-state index contributed by atoms with van der Waals surface area (Å²) in [6, 6.07) is 6.88. The molecule has 0 amide bonds. The van der Waals surface area contributed by atoms with Crippen LogP contribution < -0.4 is 9.46 Å². The largest absolute Gasteiger partial charge is 0.595 e. The molecule has 3 atom stereocenters. The zero-order chi connectivity index (χ0) is 22.9. The average Bonchev–Trinajstić information content (AvgIpc) is 2.80. The van der Waals surface area contributed by atoms with Crippen molar-refractivity contribution in [2.75, 3.05) is 5.88 Å². The van der Waals surface area contributed by atoms with E-state index in [1.165, 1.54) is 0 Å². The number of hydrogen-bond donors (Lipinski definition) is 1. The minimum Gasteiger partial charge on any atom is -0.595 e. The topological polar surface area (TPSA) is 73.8 Å². The highest BCUT2D eigenvalue weighted by Crippen LogP contribution is 2.27. The third-order valence-electron chi connectivity index (χ3n) is 4.85. The summed E-state index contributed by atoms with van der Waals surface area (Å²) in [6.45, 7) is 7.41. The molecule has 5 nitrogen and oxygen atoms in total. The van der Waals surface area contributed by atoms with E-state index in [-0.39, 0.29) is 17.9 Å². The number of ketones is 1. The van der Waals surface area contributed by atoms with Gasteiger partial charge < -0.3 is 9.29 Å². The number of allylic oxidation sites excluding steroid dienone is 6. The summed E-state index contributed by atoms with van der Waals surface area (Å²) in [7, 11) is 0. The number of para-hydroxylation sites is 1. The van der Waals surface area contributed by atoms with Gasteiger partial charge in [-0.2, -0.15) is 0 Å². The zero-order valence-corrected chi connectivity index (χ0v) is 19.1. The molecular weight excluding hydrogens is 444 g/mol. The lowest BCUT2D eigenvalue weighted by Crippen LogP contribution is -2.47. The second kappa shape index (κ2) is 11.8. The fourth-order valence-corrected chi connectivity index (χ4v) is 4.34. The smallest absolute Gasteiger partial charge is 0.293 e. The summed E-state index contributed by atoms with van der Waals surface area (Å²) in [4.78, 5) is 17.5. The molecule has 1 N–H and O–H groups in total. The number of fused-ring (bicyclic) bond motifs is 1. The zero-order valence-electron chi connectivity index (χ0n) is 17.6. The Morgan fingerprint density at radius 2 is 2.16 bits per heavy atom. The van der Waals surface area contributed by atoms with Crippen molar-refractivity contribution in [1.82, 2.24) is 4.72 Å². The highest BCUT2D eigenvalue weighted by atomic mass is 35.5. The Morgan fingerprint density at radius 3 is 2.91 bits per heavy atom. The maximum Gasteiger partial charge on any atom is 0.293 e. The van der Waals surface area contributed by atoms with E-state index in [4.69, 9.17) is 16.3 Å². The molecule has 0 saturated carbocycles. The normalized spacial score (nSPS) is 24.5. The second-order valence-corrected chi connectivity index (χ2v) is 8.69. The van der Waals surface area contributed by atoms with Crippen molar-refractivity contribution in [3.8, 4) is 5.75 Å². The fraction of sp³-hybridized carbons (Fsp3) is 0.200. The number of ether oxygens (including phenoxy) is 1. The van der Waals surface area contributed by atoms with Crippen molar-refractivity contribution in [3.05, 3.63) is 96.8 Å². The van der Waals surface area contributed by atoms with E-state index in [0.717, 1.165) is 16.7 Å². The van der Waals surface area contributed by atoms with Crippen LogP contribution in [-0.2, 0) is 16.2 Å². The molecule has 0 radical (unpaired) electrons. The molecule has 166 valence electrons. The average molecular weight is 469 g/mol. The summed E-state index contributed by atoms with van der Waals surface area (Å²) < 4.78 is 22.0. The van der Waals surface area contributed by atoms with Crippen molar-refractivity contribution in [3.63, 3.8) is 0 Å². The fourth-order valence-electron chi connectivity index (χ4n) is 3.18. The van der Waals surface area contributed by atoms with Crippen LogP contribution in [-0.4, -0.2) is 33.4 Å². The molecule has 0 aliphatic carbocycles. The van der Waals surface area contributed by atoms with Gasteiger partial charge in [0.1, 0.15) is 17.5 Å². The van der Waals surface area contributed by atoms with Gasteiger partial charge in [-0.15, -0.1) is 16.3 Å². The van der Waals surface area contributed by atoms with E-state index >= 15 is 0 Å². The first-order valence-corrected chi connectivity index (χ1v) is 11.9. The predicted molar refractivity (Wildman–Crippen MR) is 133 cm³/mol. The van der Waals surface area contributed by atoms with Crippen LogP contribution in [0.5, 0.6) is 5.75 Å². The number of aliphatic imine (C=N–C) groups is 1. The first-order valence-electron chi connectivity index (χ1n) is 10.1. The molecule has 32 heavy (non-hydrogen) atoms. The van der Waals surface area contributed by atoms with Crippen LogP contribution >= 0.6 is 11.6 Å². The van der Waals surface area contributed by atoms with Crippen LogP contribution in [0, 0.1) is 0 Å². The van der Waals surface area contributed by atoms with Crippen LogP contribution in [0.25, 0.3) is 6.08 Å². The Labute approximate surface area is 196 Å². The molecule has 2 aliphatic rings. The molecule has 1 aromatic rings. The number of nitrogens with zero attached hydrogens (tertiary/aromatic N) is 1. The molecule has 0 spiro atoms. The molecule has 0 saturated heterocycles. The van der Waals surface area contributed by atoms with Crippen molar-refractivity contribution in [1.29, 1.82) is 0 Å². The van der Waals surface area contributed by atoms with Gasteiger partial charge in [-0.3, -0.25) is 9.79 Å². The monoisotopic (exact) mass is 468 g/mol. The molecule has 7 heteroatoms. The minimum atomic E-state index is -1.63. The standard InChI is InChI=1S/C25H25ClN2O3S/c1-3-8-18(4-2)15-22(29)25-21(11-7-9-19(16-26)17-27-25)28-32(30)24-14-13-20-10-5-6-12-23(20)31-24/h3-8,10-14,17,21,24,28H,1-2,9,15-16H2/b11-7?,18-8+,19-17+,27-25+. The van der Waals surface area contributed by atoms with Crippen molar-refractivity contribution >= 4 is 40.5 Å². The van der Waals surface area contributed by atoms with E-state index in [0.29, 0.717) is 18.1 Å². The number of nitrogens with one attached hydrogen (secondary N) is 1. The van der Waals surface area contributed by atoms with Crippen molar-refractivity contribution < 1.29 is 14.1 Å². The molecule has 0 fully saturated rings. The van der Waals surface area contributed by atoms with Crippen molar-refractivity contribution in [2.45, 2.75) is 24.3 Å². The van der Waals surface area contributed by atoms with Crippen LogP contribution in [0.4, 0.5) is 0 Å². The summed E-state index contributed by atoms with van der Waals surface area (Å²) in [5.74, 6) is 0.760. The number of hydrogen-bond acceptors (Lipinski definition) is 5. The summed E-state index contributed by atoms with van der Waals surface area (Å²) in [5, 5.41) is 0. The van der Waals surface area contributed by atoms with Gasteiger partial charge in [0.05, 0.1) is 11.4 Å². The van der Waals surface area contributed by atoms with Crippen LogP contribution in [0.2, 0.25) is 0 Å². The van der Waals surface area contributed by atoms with Gasteiger partial charge >= 0.3 is 0 Å². The Hall–Kier alpha value is -2.64. The van der Waals surface area contributed by atoms with Crippen LogP contribution in [0.3, 0.4) is 0 Å². The van der Waals surface area contributed by atoms with E-state index in [1.54, 1.807) is 36.6 Å². The van der Waals surface area contributed by atoms with Gasteiger partial charge in [-0.25, -0.2) is 0 Å². The first kappa shape index (κ1) is 24.0. The van der Waals surface area contributed by atoms with Gasteiger partial charge in [0, 0.05) is 30.1 Å². The maximum atomic E-state index is 13.1. The molecule has 0 aromatic heterocycles. The molecule has 2 aliphatic heterocycles. The lowest BCUT2D eigenvalue weighted by atomic mass is 9.99. The number of Topliss-reactive ketones (excluding diaryl/α,β-unsaturated/α-hetero) is 1. The van der Waals surface area contributed by atoms with E-state index in [9.17, 15) is 9.35 Å². The SMILES string of the molecule is C=C/C=C(\C=C)CC(=O)/C1=N/C=C(/CCl)CC=CC1N[S+]([O-])C1C=Cc2ccccc2O1.